The van der Waals surface area contributed by atoms with E-state index >= 15 is 0 Å². The Morgan fingerprint density at radius 2 is 1.64 bits per heavy atom. The van der Waals surface area contributed by atoms with Crippen molar-refractivity contribution < 1.29 is 9.53 Å². The van der Waals surface area contributed by atoms with Crippen molar-refractivity contribution in [3.63, 3.8) is 0 Å². The van der Waals surface area contributed by atoms with Gasteiger partial charge in [-0.1, -0.05) is 61.9 Å². The fourth-order valence-electron chi connectivity index (χ4n) is 2.36. The molecule has 2 rings (SSSR count). The number of amides is 1. The fraction of sp³-hybridized carbons (Fsp3) is 0.381. The zero-order valence-corrected chi connectivity index (χ0v) is 15.6. The molecule has 0 unspecified atom stereocenters. The van der Waals surface area contributed by atoms with Gasteiger partial charge in [-0.25, -0.2) is 0 Å². The number of benzene rings is 2. The van der Waals surface area contributed by atoms with Crippen molar-refractivity contribution in [2.75, 3.05) is 19.8 Å². The van der Waals surface area contributed by atoms with Crippen LogP contribution in [0.15, 0.2) is 65.6 Å². The molecule has 3 nitrogen and oxygen atoms in total. The van der Waals surface area contributed by atoms with Crippen molar-refractivity contribution in [2.45, 2.75) is 36.3 Å². The van der Waals surface area contributed by atoms with Gasteiger partial charge in [-0.15, -0.1) is 11.8 Å². The van der Waals surface area contributed by atoms with Crippen molar-refractivity contribution in [3.05, 3.63) is 66.2 Å². The second-order valence-corrected chi connectivity index (χ2v) is 7.01. The normalized spacial score (nSPS) is 11.9. The van der Waals surface area contributed by atoms with Crippen LogP contribution in [0.5, 0.6) is 0 Å². The minimum Gasteiger partial charge on any atom is -0.381 e. The molecule has 0 bridgehead atoms. The maximum absolute atomic E-state index is 12.7. The summed E-state index contributed by atoms with van der Waals surface area (Å²) in [4.78, 5) is 13.8. The predicted octanol–water partition coefficient (Wildman–Crippen LogP) is 4.84. The highest BCUT2D eigenvalue weighted by atomic mass is 32.2. The molecule has 0 spiro atoms. The second kappa shape index (κ2) is 11.7. The standard InChI is InChI=1S/C21H27NO2S/c1-2-3-16-24-17-10-15-22-21(23)20(18-11-6-4-7-12-18)25-19-13-8-5-9-14-19/h4-9,11-14,20H,2-3,10,15-17H2,1H3,(H,22,23)/t20-/m0/s1. The van der Waals surface area contributed by atoms with Gasteiger partial charge in [-0.3, -0.25) is 4.79 Å². The summed E-state index contributed by atoms with van der Waals surface area (Å²) in [6.45, 7) is 4.30. The molecule has 0 aromatic heterocycles. The van der Waals surface area contributed by atoms with Gasteiger partial charge in [0.2, 0.25) is 5.91 Å². The van der Waals surface area contributed by atoms with E-state index in [4.69, 9.17) is 4.74 Å². The van der Waals surface area contributed by atoms with Crippen LogP contribution in [0.4, 0.5) is 0 Å². The number of thioether (sulfide) groups is 1. The molecule has 2 aromatic carbocycles. The third kappa shape index (κ3) is 7.32. The summed E-state index contributed by atoms with van der Waals surface area (Å²) in [6, 6.07) is 20.0. The number of carbonyl (C=O) groups excluding carboxylic acids is 1. The van der Waals surface area contributed by atoms with Gasteiger partial charge in [-0.2, -0.15) is 0 Å². The number of ether oxygens (including phenoxy) is 1. The third-order valence-corrected chi connectivity index (χ3v) is 5.01. The second-order valence-electron chi connectivity index (χ2n) is 5.83. The van der Waals surface area contributed by atoms with Crippen molar-refractivity contribution in [1.29, 1.82) is 0 Å². The average molecular weight is 358 g/mol. The molecule has 0 aliphatic rings. The molecule has 0 aliphatic carbocycles. The Hall–Kier alpha value is -1.78. The van der Waals surface area contributed by atoms with Crippen LogP contribution in [0.1, 0.15) is 37.0 Å². The van der Waals surface area contributed by atoms with Crippen LogP contribution in [-0.2, 0) is 9.53 Å². The minimum atomic E-state index is -0.246. The van der Waals surface area contributed by atoms with E-state index in [1.807, 2.05) is 60.7 Å². The molecule has 25 heavy (non-hydrogen) atoms. The topological polar surface area (TPSA) is 38.3 Å². The molecule has 1 atom stereocenters. The van der Waals surface area contributed by atoms with E-state index in [1.54, 1.807) is 11.8 Å². The number of carbonyl (C=O) groups is 1. The lowest BCUT2D eigenvalue weighted by Crippen LogP contribution is -2.29. The summed E-state index contributed by atoms with van der Waals surface area (Å²) in [7, 11) is 0. The number of unbranched alkanes of at least 4 members (excludes halogenated alkanes) is 1. The maximum atomic E-state index is 12.7. The molecular formula is C21H27NO2S. The lowest BCUT2D eigenvalue weighted by molar-refractivity contribution is -0.120. The van der Waals surface area contributed by atoms with Crippen molar-refractivity contribution in [2.24, 2.45) is 0 Å². The van der Waals surface area contributed by atoms with E-state index in [9.17, 15) is 4.79 Å². The van der Waals surface area contributed by atoms with Crippen LogP contribution < -0.4 is 5.32 Å². The van der Waals surface area contributed by atoms with E-state index < -0.39 is 0 Å². The van der Waals surface area contributed by atoms with Crippen LogP contribution in [0.25, 0.3) is 0 Å². The lowest BCUT2D eigenvalue weighted by Gasteiger charge is -2.17. The molecular weight excluding hydrogens is 330 g/mol. The number of rotatable bonds is 11. The van der Waals surface area contributed by atoms with Crippen molar-refractivity contribution >= 4 is 17.7 Å². The van der Waals surface area contributed by atoms with E-state index in [-0.39, 0.29) is 11.2 Å². The Morgan fingerprint density at radius 1 is 1.00 bits per heavy atom. The van der Waals surface area contributed by atoms with Gasteiger partial charge in [0.05, 0.1) is 0 Å². The summed E-state index contributed by atoms with van der Waals surface area (Å²) in [5.41, 5.74) is 1.02. The molecule has 0 aliphatic heterocycles. The smallest absolute Gasteiger partial charge is 0.237 e. The molecule has 0 saturated heterocycles. The molecule has 2 aromatic rings. The SMILES string of the molecule is CCCCOCCCNC(=O)[C@@H](Sc1ccccc1)c1ccccc1. The van der Waals surface area contributed by atoms with Gasteiger partial charge < -0.3 is 10.1 Å². The molecule has 0 radical (unpaired) electrons. The van der Waals surface area contributed by atoms with Gasteiger partial charge in [-0.05, 0) is 30.5 Å². The first-order chi connectivity index (χ1) is 12.3. The summed E-state index contributed by atoms with van der Waals surface area (Å²) >= 11 is 1.58. The van der Waals surface area contributed by atoms with Gasteiger partial charge in [0.1, 0.15) is 5.25 Å². The molecule has 0 heterocycles. The molecule has 0 fully saturated rings. The highest BCUT2D eigenvalue weighted by molar-refractivity contribution is 8.00. The van der Waals surface area contributed by atoms with E-state index in [1.165, 1.54) is 0 Å². The minimum absolute atomic E-state index is 0.0496. The van der Waals surface area contributed by atoms with Gasteiger partial charge in [0.15, 0.2) is 0 Å². The van der Waals surface area contributed by atoms with Gasteiger partial charge in [0, 0.05) is 24.7 Å². The number of nitrogens with one attached hydrogen (secondary N) is 1. The van der Waals surface area contributed by atoms with Crippen LogP contribution in [0.2, 0.25) is 0 Å². The van der Waals surface area contributed by atoms with Crippen molar-refractivity contribution in [3.8, 4) is 0 Å². The van der Waals surface area contributed by atoms with E-state index in [0.29, 0.717) is 13.2 Å². The third-order valence-electron chi connectivity index (χ3n) is 3.74. The molecule has 0 saturated carbocycles. The predicted molar refractivity (Wildman–Crippen MR) is 105 cm³/mol. The first-order valence-corrected chi connectivity index (χ1v) is 9.81. The van der Waals surface area contributed by atoms with Crippen molar-refractivity contribution in [1.82, 2.24) is 5.32 Å². The zero-order valence-electron chi connectivity index (χ0n) is 14.8. The highest BCUT2D eigenvalue weighted by Gasteiger charge is 2.21. The largest absolute Gasteiger partial charge is 0.381 e. The van der Waals surface area contributed by atoms with Crippen LogP contribution in [0.3, 0.4) is 0 Å². The lowest BCUT2D eigenvalue weighted by atomic mass is 10.1. The van der Waals surface area contributed by atoms with Crippen LogP contribution >= 0.6 is 11.8 Å². The van der Waals surface area contributed by atoms with Gasteiger partial charge >= 0.3 is 0 Å². The Kier molecular flexibility index (Phi) is 9.16. The summed E-state index contributed by atoms with van der Waals surface area (Å²) in [5, 5.41) is 2.81. The molecule has 1 amide bonds. The summed E-state index contributed by atoms with van der Waals surface area (Å²) < 4.78 is 5.54. The van der Waals surface area contributed by atoms with Gasteiger partial charge in [0.25, 0.3) is 0 Å². The maximum Gasteiger partial charge on any atom is 0.237 e. The fourth-order valence-corrected chi connectivity index (χ4v) is 3.43. The quantitative estimate of drug-likeness (QED) is 0.462. The Labute approximate surface area is 155 Å². The summed E-state index contributed by atoms with van der Waals surface area (Å²) in [6.07, 6.45) is 3.08. The number of hydrogen-bond acceptors (Lipinski definition) is 3. The Morgan fingerprint density at radius 3 is 2.32 bits per heavy atom. The van der Waals surface area contributed by atoms with E-state index in [0.717, 1.165) is 36.3 Å². The van der Waals surface area contributed by atoms with E-state index in [2.05, 4.69) is 12.2 Å². The highest BCUT2D eigenvalue weighted by Crippen LogP contribution is 2.35. The summed E-state index contributed by atoms with van der Waals surface area (Å²) in [5.74, 6) is 0.0496. The number of hydrogen-bond donors (Lipinski definition) is 1. The molecule has 1 N–H and O–H groups in total. The first-order valence-electron chi connectivity index (χ1n) is 8.93. The Bertz CT molecular complexity index is 604. The monoisotopic (exact) mass is 357 g/mol. The zero-order chi connectivity index (χ0) is 17.7. The van der Waals surface area contributed by atoms with Crippen LogP contribution in [0, 0.1) is 0 Å². The average Bonchev–Trinajstić information content (AvgIpc) is 2.67. The Balaban J connectivity index is 1.88. The molecule has 134 valence electrons. The molecule has 4 heteroatoms. The first kappa shape index (κ1) is 19.5. The van der Waals surface area contributed by atoms with Crippen LogP contribution in [-0.4, -0.2) is 25.7 Å².